The van der Waals surface area contributed by atoms with Gasteiger partial charge in [0.1, 0.15) is 0 Å². The van der Waals surface area contributed by atoms with E-state index in [1.165, 1.54) is 0 Å². The predicted octanol–water partition coefficient (Wildman–Crippen LogP) is 3.07. The average molecular weight is 221 g/mol. The summed E-state index contributed by atoms with van der Waals surface area (Å²) in [7, 11) is 1.84. The van der Waals surface area contributed by atoms with E-state index in [0.29, 0.717) is 5.56 Å². The normalized spacial score (nSPS) is 11.9. The third-order valence-corrected chi connectivity index (χ3v) is 2.41. The highest BCUT2D eigenvalue weighted by Gasteiger charge is 2.10. The van der Waals surface area contributed by atoms with Gasteiger partial charge in [0.15, 0.2) is 0 Å². The van der Waals surface area contributed by atoms with Crippen molar-refractivity contribution in [3.63, 3.8) is 0 Å². The van der Waals surface area contributed by atoms with Crippen molar-refractivity contribution in [3.8, 4) is 0 Å². The molecule has 0 aliphatic rings. The summed E-state index contributed by atoms with van der Waals surface area (Å²) in [4.78, 5) is 11.7. The Balaban J connectivity index is 2.59. The highest BCUT2D eigenvalue weighted by molar-refractivity contribution is 5.89. The summed E-state index contributed by atoms with van der Waals surface area (Å²) in [6, 6.07) is 7.27. The summed E-state index contributed by atoms with van der Waals surface area (Å²) in [6.07, 6.45) is 1.91. The Kier molecular flexibility index (Phi) is 4.83. The van der Waals surface area contributed by atoms with Gasteiger partial charge in [-0.2, -0.15) is 0 Å². The van der Waals surface area contributed by atoms with E-state index >= 15 is 0 Å². The fourth-order valence-electron chi connectivity index (χ4n) is 1.49. The van der Waals surface area contributed by atoms with Crippen LogP contribution in [-0.2, 0) is 4.74 Å². The summed E-state index contributed by atoms with van der Waals surface area (Å²) >= 11 is 0. The fraction of sp³-hybridized carbons (Fsp3) is 0.462. The molecule has 1 atom stereocenters. The van der Waals surface area contributed by atoms with Gasteiger partial charge >= 0.3 is 5.97 Å². The molecular formula is C13H19NO2. The van der Waals surface area contributed by atoms with Crippen molar-refractivity contribution in [3.05, 3.63) is 29.8 Å². The van der Waals surface area contributed by atoms with E-state index in [4.69, 9.17) is 4.74 Å². The summed E-state index contributed by atoms with van der Waals surface area (Å²) in [5.41, 5.74) is 1.58. The quantitative estimate of drug-likeness (QED) is 0.776. The summed E-state index contributed by atoms with van der Waals surface area (Å²) in [5.74, 6) is -0.247. The van der Waals surface area contributed by atoms with Crippen LogP contribution >= 0.6 is 0 Å². The number of carbonyl (C=O) groups is 1. The molecule has 3 heteroatoms. The Morgan fingerprint density at radius 3 is 2.50 bits per heavy atom. The van der Waals surface area contributed by atoms with E-state index in [-0.39, 0.29) is 12.1 Å². The molecule has 0 fully saturated rings. The average Bonchev–Trinajstić information content (AvgIpc) is 2.29. The highest BCUT2D eigenvalue weighted by Crippen LogP contribution is 2.11. The van der Waals surface area contributed by atoms with Crippen LogP contribution in [0.5, 0.6) is 0 Å². The van der Waals surface area contributed by atoms with Crippen molar-refractivity contribution in [2.75, 3.05) is 12.4 Å². The lowest BCUT2D eigenvalue weighted by Crippen LogP contribution is -2.14. The van der Waals surface area contributed by atoms with Gasteiger partial charge in [-0.1, -0.05) is 13.3 Å². The second-order valence-corrected chi connectivity index (χ2v) is 3.83. The molecule has 0 aliphatic carbocycles. The molecule has 0 bridgehead atoms. The molecule has 3 nitrogen and oxygen atoms in total. The third kappa shape index (κ3) is 3.57. The molecule has 1 unspecified atom stereocenters. The van der Waals surface area contributed by atoms with Crippen LogP contribution in [-0.4, -0.2) is 19.1 Å². The largest absolute Gasteiger partial charge is 0.459 e. The number of nitrogens with one attached hydrogen (secondary N) is 1. The zero-order chi connectivity index (χ0) is 12.0. The van der Waals surface area contributed by atoms with Crippen molar-refractivity contribution in [2.45, 2.75) is 32.8 Å². The van der Waals surface area contributed by atoms with Gasteiger partial charge in [0.2, 0.25) is 0 Å². The van der Waals surface area contributed by atoms with Crippen LogP contribution in [0.1, 0.15) is 37.0 Å². The van der Waals surface area contributed by atoms with E-state index in [1.54, 1.807) is 12.1 Å². The first-order chi connectivity index (χ1) is 7.67. The molecule has 0 saturated carbocycles. The van der Waals surface area contributed by atoms with Crippen molar-refractivity contribution >= 4 is 11.7 Å². The molecule has 16 heavy (non-hydrogen) atoms. The molecular weight excluding hydrogens is 202 g/mol. The topological polar surface area (TPSA) is 38.3 Å². The number of hydrogen-bond acceptors (Lipinski definition) is 3. The molecule has 0 spiro atoms. The van der Waals surface area contributed by atoms with Crippen LogP contribution in [0.3, 0.4) is 0 Å². The smallest absolute Gasteiger partial charge is 0.338 e. The van der Waals surface area contributed by atoms with Crippen molar-refractivity contribution in [2.24, 2.45) is 0 Å². The zero-order valence-corrected chi connectivity index (χ0v) is 10.1. The molecule has 0 aromatic heterocycles. The molecule has 0 heterocycles. The molecule has 88 valence electrons. The molecule has 1 aromatic rings. The zero-order valence-electron chi connectivity index (χ0n) is 10.1. The minimum absolute atomic E-state index is 0.0125. The standard InChI is InChI=1S/C13H19NO2/c1-4-5-10(2)16-13(15)11-6-8-12(14-3)9-7-11/h6-10,14H,4-5H2,1-3H3. The van der Waals surface area contributed by atoms with Gasteiger partial charge in [0, 0.05) is 12.7 Å². The van der Waals surface area contributed by atoms with Crippen LogP contribution in [0, 0.1) is 0 Å². The van der Waals surface area contributed by atoms with Crippen LogP contribution in [0.2, 0.25) is 0 Å². The second kappa shape index (κ2) is 6.16. The van der Waals surface area contributed by atoms with Gasteiger partial charge in [-0.15, -0.1) is 0 Å². The molecule has 0 amide bonds. The molecule has 0 saturated heterocycles. The predicted molar refractivity (Wildman–Crippen MR) is 65.8 cm³/mol. The van der Waals surface area contributed by atoms with Gasteiger partial charge in [-0.05, 0) is 37.6 Å². The van der Waals surface area contributed by atoms with E-state index in [2.05, 4.69) is 12.2 Å². The Morgan fingerprint density at radius 2 is 2.00 bits per heavy atom. The number of esters is 1. The number of anilines is 1. The molecule has 1 N–H and O–H groups in total. The van der Waals surface area contributed by atoms with Gasteiger partial charge in [0.05, 0.1) is 11.7 Å². The number of carbonyl (C=O) groups excluding carboxylic acids is 1. The van der Waals surface area contributed by atoms with Gasteiger partial charge in [-0.3, -0.25) is 0 Å². The van der Waals surface area contributed by atoms with Crippen LogP contribution in [0.4, 0.5) is 5.69 Å². The maximum absolute atomic E-state index is 11.7. The fourth-order valence-corrected chi connectivity index (χ4v) is 1.49. The minimum atomic E-state index is -0.247. The SMILES string of the molecule is CCCC(C)OC(=O)c1ccc(NC)cc1. The second-order valence-electron chi connectivity index (χ2n) is 3.83. The third-order valence-electron chi connectivity index (χ3n) is 2.41. The summed E-state index contributed by atoms with van der Waals surface area (Å²) in [6.45, 7) is 4.00. The number of hydrogen-bond donors (Lipinski definition) is 1. The Labute approximate surface area is 96.8 Å². The lowest BCUT2D eigenvalue weighted by atomic mass is 10.2. The highest BCUT2D eigenvalue weighted by atomic mass is 16.5. The number of rotatable bonds is 5. The molecule has 0 radical (unpaired) electrons. The monoisotopic (exact) mass is 221 g/mol. The van der Waals surface area contributed by atoms with Crippen molar-refractivity contribution in [1.29, 1.82) is 0 Å². The van der Waals surface area contributed by atoms with Gasteiger partial charge in [-0.25, -0.2) is 4.79 Å². The Hall–Kier alpha value is -1.51. The minimum Gasteiger partial charge on any atom is -0.459 e. The van der Waals surface area contributed by atoms with Crippen molar-refractivity contribution < 1.29 is 9.53 Å². The molecule has 0 aliphatic heterocycles. The maximum atomic E-state index is 11.7. The Morgan fingerprint density at radius 1 is 1.38 bits per heavy atom. The van der Waals surface area contributed by atoms with Crippen LogP contribution < -0.4 is 5.32 Å². The lowest BCUT2D eigenvalue weighted by Gasteiger charge is -2.12. The first kappa shape index (κ1) is 12.6. The van der Waals surface area contributed by atoms with E-state index in [0.717, 1.165) is 18.5 Å². The summed E-state index contributed by atoms with van der Waals surface area (Å²) < 4.78 is 5.29. The van der Waals surface area contributed by atoms with Gasteiger partial charge in [0.25, 0.3) is 0 Å². The first-order valence-corrected chi connectivity index (χ1v) is 5.66. The van der Waals surface area contributed by atoms with Crippen LogP contribution in [0.25, 0.3) is 0 Å². The number of benzene rings is 1. The van der Waals surface area contributed by atoms with Crippen LogP contribution in [0.15, 0.2) is 24.3 Å². The van der Waals surface area contributed by atoms with Crippen molar-refractivity contribution in [1.82, 2.24) is 0 Å². The molecule has 1 aromatic carbocycles. The summed E-state index contributed by atoms with van der Waals surface area (Å²) in [5, 5.41) is 3.00. The van der Waals surface area contributed by atoms with E-state index in [9.17, 15) is 4.79 Å². The van der Waals surface area contributed by atoms with E-state index in [1.807, 2.05) is 26.1 Å². The molecule has 1 rings (SSSR count). The van der Waals surface area contributed by atoms with Gasteiger partial charge < -0.3 is 10.1 Å². The Bertz CT molecular complexity index is 332. The first-order valence-electron chi connectivity index (χ1n) is 5.66. The number of ether oxygens (including phenoxy) is 1. The lowest BCUT2D eigenvalue weighted by molar-refractivity contribution is 0.0323. The van der Waals surface area contributed by atoms with E-state index < -0.39 is 0 Å². The maximum Gasteiger partial charge on any atom is 0.338 e.